The standard InChI is InChI=1S/C12H15N3S/c1-9(2)13-8-11-14-15-12(16-11)10-6-4-3-5-7-10/h3-7,9,13H,8H2,1-2H3. The van der Waals surface area contributed by atoms with Gasteiger partial charge >= 0.3 is 0 Å². The smallest absolute Gasteiger partial charge is 0.147 e. The van der Waals surface area contributed by atoms with Crippen LogP contribution in [0.15, 0.2) is 30.3 Å². The molecule has 16 heavy (non-hydrogen) atoms. The molecule has 0 spiro atoms. The quantitative estimate of drug-likeness (QED) is 0.882. The maximum atomic E-state index is 4.19. The Labute approximate surface area is 99.5 Å². The molecule has 0 radical (unpaired) electrons. The van der Waals surface area contributed by atoms with Crippen molar-refractivity contribution in [3.05, 3.63) is 35.3 Å². The molecular formula is C12H15N3S. The highest BCUT2D eigenvalue weighted by molar-refractivity contribution is 7.14. The van der Waals surface area contributed by atoms with Gasteiger partial charge in [-0.25, -0.2) is 0 Å². The Balaban J connectivity index is 2.08. The van der Waals surface area contributed by atoms with E-state index in [1.807, 2.05) is 18.2 Å². The zero-order valence-electron chi connectivity index (χ0n) is 9.47. The molecule has 3 nitrogen and oxygen atoms in total. The molecule has 0 aliphatic carbocycles. The molecule has 0 aliphatic rings. The minimum Gasteiger partial charge on any atom is -0.308 e. The van der Waals surface area contributed by atoms with E-state index >= 15 is 0 Å². The van der Waals surface area contributed by atoms with Gasteiger partial charge in [0.15, 0.2) is 0 Å². The minimum absolute atomic E-state index is 0.476. The average Bonchev–Trinajstić information content (AvgIpc) is 2.76. The summed E-state index contributed by atoms with van der Waals surface area (Å²) in [6, 6.07) is 10.6. The molecule has 0 fully saturated rings. The van der Waals surface area contributed by atoms with Crippen molar-refractivity contribution in [2.75, 3.05) is 0 Å². The second kappa shape index (κ2) is 5.18. The van der Waals surface area contributed by atoms with E-state index in [0.717, 1.165) is 22.1 Å². The molecule has 0 atom stereocenters. The summed E-state index contributed by atoms with van der Waals surface area (Å²) in [5, 5.41) is 13.7. The van der Waals surface area contributed by atoms with Crippen LogP contribution >= 0.6 is 11.3 Å². The predicted molar refractivity (Wildman–Crippen MR) is 67.3 cm³/mol. The van der Waals surface area contributed by atoms with Crippen molar-refractivity contribution in [3.8, 4) is 10.6 Å². The Morgan fingerprint density at radius 1 is 1.19 bits per heavy atom. The molecule has 2 aromatic rings. The third kappa shape index (κ3) is 2.87. The molecule has 1 N–H and O–H groups in total. The Morgan fingerprint density at radius 3 is 2.62 bits per heavy atom. The van der Waals surface area contributed by atoms with Crippen LogP contribution in [-0.4, -0.2) is 16.2 Å². The van der Waals surface area contributed by atoms with Crippen LogP contribution < -0.4 is 5.32 Å². The van der Waals surface area contributed by atoms with Crippen molar-refractivity contribution in [3.63, 3.8) is 0 Å². The summed E-state index contributed by atoms with van der Waals surface area (Å²) in [5.74, 6) is 0. The molecule has 0 unspecified atom stereocenters. The zero-order valence-corrected chi connectivity index (χ0v) is 10.3. The van der Waals surface area contributed by atoms with E-state index in [9.17, 15) is 0 Å². The molecular weight excluding hydrogens is 218 g/mol. The molecule has 0 aliphatic heterocycles. The molecule has 2 rings (SSSR count). The van der Waals surface area contributed by atoms with Gasteiger partial charge in [-0.15, -0.1) is 10.2 Å². The maximum Gasteiger partial charge on any atom is 0.147 e. The van der Waals surface area contributed by atoms with Gasteiger partial charge in [-0.2, -0.15) is 0 Å². The first kappa shape index (κ1) is 11.2. The van der Waals surface area contributed by atoms with Crippen LogP contribution in [0.25, 0.3) is 10.6 Å². The number of hydrogen-bond donors (Lipinski definition) is 1. The van der Waals surface area contributed by atoms with Crippen molar-refractivity contribution in [1.29, 1.82) is 0 Å². The summed E-state index contributed by atoms with van der Waals surface area (Å²) in [7, 11) is 0. The topological polar surface area (TPSA) is 37.8 Å². The SMILES string of the molecule is CC(C)NCc1nnc(-c2ccccc2)s1. The fraction of sp³-hybridized carbons (Fsp3) is 0.333. The fourth-order valence-corrected chi connectivity index (χ4v) is 2.11. The van der Waals surface area contributed by atoms with Crippen molar-refractivity contribution in [2.45, 2.75) is 26.4 Å². The largest absolute Gasteiger partial charge is 0.308 e. The average molecular weight is 233 g/mol. The number of hydrogen-bond acceptors (Lipinski definition) is 4. The zero-order chi connectivity index (χ0) is 11.4. The fourth-order valence-electron chi connectivity index (χ4n) is 1.31. The van der Waals surface area contributed by atoms with Crippen LogP contribution in [-0.2, 0) is 6.54 Å². The lowest BCUT2D eigenvalue weighted by Gasteiger charge is -2.03. The van der Waals surface area contributed by atoms with Gasteiger partial charge in [0.2, 0.25) is 0 Å². The van der Waals surface area contributed by atoms with Gasteiger partial charge in [-0.1, -0.05) is 55.5 Å². The van der Waals surface area contributed by atoms with E-state index in [-0.39, 0.29) is 0 Å². The van der Waals surface area contributed by atoms with Crippen LogP contribution in [0.2, 0.25) is 0 Å². The van der Waals surface area contributed by atoms with Crippen LogP contribution in [0.3, 0.4) is 0 Å². The van der Waals surface area contributed by atoms with E-state index in [1.165, 1.54) is 0 Å². The number of rotatable bonds is 4. The van der Waals surface area contributed by atoms with Gasteiger partial charge < -0.3 is 5.32 Å². The number of nitrogens with one attached hydrogen (secondary N) is 1. The number of benzene rings is 1. The lowest BCUT2D eigenvalue weighted by Crippen LogP contribution is -2.21. The normalized spacial score (nSPS) is 10.9. The molecule has 0 bridgehead atoms. The Morgan fingerprint density at radius 2 is 1.94 bits per heavy atom. The molecule has 0 amide bonds. The van der Waals surface area contributed by atoms with E-state index in [1.54, 1.807) is 11.3 Å². The van der Waals surface area contributed by atoms with Crippen molar-refractivity contribution < 1.29 is 0 Å². The summed E-state index contributed by atoms with van der Waals surface area (Å²) in [6.45, 7) is 5.04. The van der Waals surface area contributed by atoms with Crippen LogP contribution in [0.1, 0.15) is 18.9 Å². The van der Waals surface area contributed by atoms with Gasteiger partial charge in [0, 0.05) is 18.2 Å². The first-order valence-electron chi connectivity index (χ1n) is 5.37. The van der Waals surface area contributed by atoms with Crippen molar-refractivity contribution >= 4 is 11.3 Å². The Hall–Kier alpha value is -1.26. The maximum absolute atomic E-state index is 4.19. The van der Waals surface area contributed by atoms with Crippen LogP contribution in [0.4, 0.5) is 0 Å². The molecule has 4 heteroatoms. The van der Waals surface area contributed by atoms with Gasteiger partial charge in [0.05, 0.1) is 0 Å². The van der Waals surface area contributed by atoms with E-state index in [4.69, 9.17) is 0 Å². The Bertz CT molecular complexity index is 437. The van der Waals surface area contributed by atoms with Gasteiger partial charge in [0.25, 0.3) is 0 Å². The lowest BCUT2D eigenvalue weighted by molar-refractivity contribution is 0.585. The molecule has 1 aromatic carbocycles. The monoisotopic (exact) mass is 233 g/mol. The van der Waals surface area contributed by atoms with Crippen LogP contribution in [0.5, 0.6) is 0 Å². The third-order valence-corrected chi connectivity index (χ3v) is 3.12. The summed E-state index contributed by atoms with van der Waals surface area (Å²) >= 11 is 1.64. The van der Waals surface area contributed by atoms with E-state index < -0.39 is 0 Å². The molecule has 0 saturated carbocycles. The predicted octanol–water partition coefficient (Wildman–Crippen LogP) is 2.70. The van der Waals surface area contributed by atoms with Gasteiger partial charge in [-0.05, 0) is 0 Å². The molecule has 84 valence electrons. The first-order chi connectivity index (χ1) is 7.75. The summed E-state index contributed by atoms with van der Waals surface area (Å²) in [4.78, 5) is 0. The van der Waals surface area contributed by atoms with E-state index in [2.05, 4.69) is 41.5 Å². The Kier molecular flexibility index (Phi) is 3.64. The lowest BCUT2D eigenvalue weighted by atomic mass is 10.2. The number of nitrogens with zero attached hydrogens (tertiary/aromatic N) is 2. The highest BCUT2D eigenvalue weighted by atomic mass is 32.1. The highest BCUT2D eigenvalue weighted by Gasteiger charge is 2.05. The first-order valence-corrected chi connectivity index (χ1v) is 6.18. The number of aromatic nitrogens is 2. The second-order valence-electron chi connectivity index (χ2n) is 3.90. The molecule has 1 heterocycles. The molecule has 1 aromatic heterocycles. The van der Waals surface area contributed by atoms with Crippen molar-refractivity contribution in [1.82, 2.24) is 15.5 Å². The van der Waals surface area contributed by atoms with Gasteiger partial charge in [-0.3, -0.25) is 0 Å². The minimum atomic E-state index is 0.476. The summed E-state index contributed by atoms with van der Waals surface area (Å²) < 4.78 is 0. The van der Waals surface area contributed by atoms with E-state index in [0.29, 0.717) is 6.04 Å². The third-order valence-electron chi connectivity index (χ3n) is 2.15. The summed E-state index contributed by atoms with van der Waals surface area (Å²) in [6.07, 6.45) is 0. The summed E-state index contributed by atoms with van der Waals surface area (Å²) in [5.41, 5.74) is 1.13. The highest BCUT2D eigenvalue weighted by Crippen LogP contribution is 2.22. The van der Waals surface area contributed by atoms with Gasteiger partial charge in [0.1, 0.15) is 10.0 Å². The van der Waals surface area contributed by atoms with Crippen molar-refractivity contribution in [2.24, 2.45) is 0 Å². The van der Waals surface area contributed by atoms with Crippen LogP contribution in [0, 0.1) is 0 Å². The molecule has 0 saturated heterocycles. The second-order valence-corrected chi connectivity index (χ2v) is 4.96.